The average molecular weight is 340 g/mol. The molecule has 7 heteroatoms. The Morgan fingerprint density at radius 1 is 1.24 bits per heavy atom. The smallest absolute Gasteiger partial charge is 0.200 e. The topological polar surface area (TPSA) is 49.7 Å². The zero-order valence-corrected chi connectivity index (χ0v) is 14.4. The number of sulfonamides is 1. The van der Waals surface area contributed by atoms with Crippen LogP contribution in [0.1, 0.15) is 11.1 Å². The van der Waals surface area contributed by atoms with Gasteiger partial charge in [0.25, 0.3) is 10.0 Å². The summed E-state index contributed by atoms with van der Waals surface area (Å²) in [5.74, 6) is 0. The van der Waals surface area contributed by atoms with Crippen molar-refractivity contribution in [3.05, 3.63) is 46.8 Å². The summed E-state index contributed by atoms with van der Waals surface area (Å²) in [5.41, 5.74) is 1.95. The third kappa shape index (κ3) is 3.66. The number of rotatable bonds is 5. The molecular weight excluding hydrogens is 324 g/mol. The zero-order chi connectivity index (χ0) is 15.5. The van der Waals surface area contributed by atoms with E-state index in [1.54, 1.807) is 53.6 Å². The molecule has 0 saturated carbocycles. The van der Waals surface area contributed by atoms with Crippen LogP contribution in [-0.4, -0.2) is 32.4 Å². The van der Waals surface area contributed by atoms with Gasteiger partial charge in [0, 0.05) is 12.6 Å². The van der Waals surface area contributed by atoms with Crippen LogP contribution in [0.25, 0.3) is 0 Å². The molecule has 1 aromatic heterocycles. The lowest BCUT2D eigenvalue weighted by atomic mass is 10.2. The van der Waals surface area contributed by atoms with Crippen molar-refractivity contribution in [2.24, 2.45) is 5.10 Å². The molecule has 0 aliphatic rings. The van der Waals surface area contributed by atoms with Gasteiger partial charge in [-0.2, -0.15) is 17.9 Å². The molecule has 0 fully saturated rings. The van der Waals surface area contributed by atoms with Crippen molar-refractivity contribution in [2.75, 3.05) is 13.3 Å². The van der Waals surface area contributed by atoms with E-state index in [-0.39, 0.29) is 4.90 Å². The summed E-state index contributed by atoms with van der Waals surface area (Å²) < 4.78 is 26.8. The summed E-state index contributed by atoms with van der Waals surface area (Å²) in [6.07, 6.45) is 3.56. The zero-order valence-electron chi connectivity index (χ0n) is 12.0. The monoisotopic (exact) mass is 340 g/mol. The van der Waals surface area contributed by atoms with Crippen LogP contribution in [-0.2, 0) is 10.0 Å². The first-order valence-corrected chi connectivity index (χ1v) is 9.70. The van der Waals surface area contributed by atoms with E-state index in [0.717, 1.165) is 19.8 Å². The van der Waals surface area contributed by atoms with Crippen molar-refractivity contribution < 1.29 is 8.42 Å². The van der Waals surface area contributed by atoms with Crippen LogP contribution in [0.15, 0.2) is 49.9 Å². The van der Waals surface area contributed by atoms with Crippen LogP contribution in [0.3, 0.4) is 0 Å². The van der Waals surface area contributed by atoms with E-state index in [1.807, 2.05) is 24.6 Å². The Bertz CT molecular complexity index is 734. The Labute approximate surface area is 133 Å². The molecule has 1 aromatic carbocycles. The van der Waals surface area contributed by atoms with E-state index in [1.165, 1.54) is 7.05 Å². The van der Waals surface area contributed by atoms with Gasteiger partial charge in [0.05, 0.1) is 15.3 Å². The maximum atomic E-state index is 12.4. The quantitative estimate of drug-likeness (QED) is 0.476. The van der Waals surface area contributed by atoms with E-state index in [2.05, 4.69) is 5.10 Å². The number of thioether (sulfide) groups is 1. The summed E-state index contributed by atoms with van der Waals surface area (Å²) in [6.45, 7) is 1.92. The highest BCUT2D eigenvalue weighted by molar-refractivity contribution is 8.00. The minimum atomic E-state index is -3.60. The maximum absolute atomic E-state index is 12.4. The van der Waals surface area contributed by atoms with Crippen LogP contribution >= 0.6 is 23.1 Å². The molecule has 0 N–H and O–H groups in total. The molecule has 0 atom stereocenters. The first-order chi connectivity index (χ1) is 9.95. The molecular formula is C14H16N2O2S3. The fourth-order valence-corrected chi connectivity index (χ4v) is 4.09. The van der Waals surface area contributed by atoms with Gasteiger partial charge >= 0.3 is 0 Å². The molecule has 0 saturated heterocycles. The largest absolute Gasteiger partial charge is 0.278 e. The molecule has 0 aliphatic carbocycles. The number of aryl methyl sites for hydroxylation is 1. The third-order valence-electron chi connectivity index (χ3n) is 2.87. The van der Waals surface area contributed by atoms with Gasteiger partial charge in [0.1, 0.15) is 0 Å². The summed E-state index contributed by atoms with van der Waals surface area (Å²) >= 11 is 3.23. The van der Waals surface area contributed by atoms with Gasteiger partial charge in [-0.05, 0) is 36.8 Å². The molecule has 1 heterocycles. The van der Waals surface area contributed by atoms with Crippen molar-refractivity contribution in [3.8, 4) is 0 Å². The van der Waals surface area contributed by atoms with Gasteiger partial charge in [-0.25, -0.2) is 0 Å². The minimum absolute atomic E-state index is 0.239. The summed E-state index contributed by atoms with van der Waals surface area (Å²) in [5, 5.41) is 6.02. The normalized spacial score (nSPS) is 12.0. The molecule has 2 aromatic rings. The summed E-state index contributed by atoms with van der Waals surface area (Å²) in [4.78, 5) is 0.239. The highest BCUT2D eigenvalue weighted by Gasteiger charge is 2.18. The third-order valence-corrected chi connectivity index (χ3v) is 6.64. The summed E-state index contributed by atoms with van der Waals surface area (Å²) in [6, 6.07) is 8.65. The van der Waals surface area contributed by atoms with E-state index >= 15 is 0 Å². The van der Waals surface area contributed by atoms with Gasteiger partial charge < -0.3 is 0 Å². The molecule has 2 rings (SSSR count). The van der Waals surface area contributed by atoms with Crippen molar-refractivity contribution in [1.29, 1.82) is 0 Å². The fourth-order valence-electron chi connectivity index (χ4n) is 1.64. The maximum Gasteiger partial charge on any atom is 0.278 e. The Balaban J connectivity index is 2.23. The Morgan fingerprint density at radius 3 is 2.52 bits per heavy atom. The lowest BCUT2D eigenvalue weighted by Crippen LogP contribution is -2.21. The molecule has 0 bridgehead atoms. The second-order valence-electron chi connectivity index (χ2n) is 4.36. The molecule has 0 radical (unpaired) electrons. The first-order valence-electron chi connectivity index (χ1n) is 6.16. The highest BCUT2D eigenvalue weighted by atomic mass is 32.2. The lowest BCUT2D eigenvalue weighted by molar-refractivity contribution is 0.491. The van der Waals surface area contributed by atoms with Crippen LogP contribution in [0.5, 0.6) is 0 Å². The van der Waals surface area contributed by atoms with Crippen LogP contribution in [0.2, 0.25) is 0 Å². The minimum Gasteiger partial charge on any atom is -0.200 e. The lowest BCUT2D eigenvalue weighted by Gasteiger charge is -2.13. The number of hydrazone groups is 1. The molecule has 0 amide bonds. The van der Waals surface area contributed by atoms with Gasteiger partial charge in [-0.15, -0.1) is 23.1 Å². The number of thiophene rings is 1. The van der Waals surface area contributed by atoms with Crippen LogP contribution in [0.4, 0.5) is 0 Å². The number of nitrogens with zero attached hydrogens (tertiary/aromatic N) is 2. The second kappa shape index (κ2) is 6.64. The van der Waals surface area contributed by atoms with Gasteiger partial charge in [-0.1, -0.05) is 17.7 Å². The van der Waals surface area contributed by atoms with E-state index in [9.17, 15) is 8.42 Å². The van der Waals surface area contributed by atoms with Crippen molar-refractivity contribution in [1.82, 2.24) is 4.41 Å². The van der Waals surface area contributed by atoms with Gasteiger partial charge in [-0.3, -0.25) is 0 Å². The van der Waals surface area contributed by atoms with E-state index in [0.29, 0.717) is 0 Å². The van der Waals surface area contributed by atoms with Crippen molar-refractivity contribution in [2.45, 2.75) is 16.0 Å². The Kier molecular flexibility index (Phi) is 5.08. The second-order valence-corrected chi connectivity index (χ2v) is 8.31. The van der Waals surface area contributed by atoms with E-state index in [4.69, 9.17) is 0 Å². The molecule has 0 aliphatic heterocycles. The Hall–Kier alpha value is -1.31. The first kappa shape index (κ1) is 16.1. The van der Waals surface area contributed by atoms with Crippen molar-refractivity contribution >= 4 is 39.3 Å². The number of benzene rings is 1. The van der Waals surface area contributed by atoms with E-state index < -0.39 is 10.0 Å². The van der Waals surface area contributed by atoms with Gasteiger partial charge in [0.2, 0.25) is 0 Å². The van der Waals surface area contributed by atoms with Crippen molar-refractivity contribution in [3.63, 3.8) is 0 Å². The number of hydrogen-bond acceptors (Lipinski definition) is 5. The van der Waals surface area contributed by atoms with Gasteiger partial charge in [0.15, 0.2) is 0 Å². The molecule has 0 spiro atoms. The van der Waals surface area contributed by atoms with Crippen LogP contribution in [0, 0.1) is 6.92 Å². The van der Waals surface area contributed by atoms with Crippen LogP contribution < -0.4 is 0 Å². The molecule has 4 nitrogen and oxygen atoms in total. The molecule has 21 heavy (non-hydrogen) atoms. The molecule has 112 valence electrons. The number of hydrogen-bond donors (Lipinski definition) is 0. The highest BCUT2D eigenvalue weighted by Crippen LogP contribution is 2.25. The summed E-state index contributed by atoms with van der Waals surface area (Å²) in [7, 11) is -2.16. The standard InChI is InChI=1S/C14H16N2O2S3/c1-11-4-6-13(7-5-11)21(17,18)16(2)15-10-12-8-9-20-14(12)19-3/h4-10H,1-3H3/b15-10+. The Morgan fingerprint density at radius 2 is 1.90 bits per heavy atom. The average Bonchev–Trinajstić information content (AvgIpc) is 2.92. The predicted molar refractivity (Wildman–Crippen MR) is 89.8 cm³/mol. The molecule has 0 unspecified atom stereocenters. The SMILES string of the molecule is CSc1sccc1/C=N/N(C)S(=O)(=O)c1ccc(C)cc1. The fraction of sp³-hybridized carbons (Fsp3) is 0.214. The predicted octanol–water partition coefficient (Wildman–Crippen LogP) is 3.43.